The van der Waals surface area contributed by atoms with Gasteiger partial charge in [0.05, 0.1) is 23.6 Å². The van der Waals surface area contributed by atoms with Crippen molar-refractivity contribution in [1.82, 2.24) is 24.7 Å². The predicted octanol–water partition coefficient (Wildman–Crippen LogP) is 4.80. The van der Waals surface area contributed by atoms with E-state index in [0.29, 0.717) is 22.6 Å². The first kappa shape index (κ1) is 24.1. The average molecular weight is 484 g/mol. The highest BCUT2D eigenvalue weighted by atomic mass is 32.2. The number of carbonyl (C=O) groups excluding carboxylic acids is 1. The van der Waals surface area contributed by atoms with Crippen LogP contribution in [0.1, 0.15) is 31.7 Å². The SMILES string of the molecule is CCOC(=O)C(CC)Sc1nnc(CSc2ncccn2)n1-c1cccc(C(F)(F)F)c1. The van der Waals surface area contributed by atoms with Crippen molar-refractivity contribution in [3.63, 3.8) is 0 Å². The average Bonchev–Trinajstić information content (AvgIpc) is 3.18. The number of hydrogen-bond donors (Lipinski definition) is 0. The van der Waals surface area contributed by atoms with Gasteiger partial charge in [-0.25, -0.2) is 9.97 Å². The Morgan fingerprint density at radius 1 is 1.16 bits per heavy atom. The summed E-state index contributed by atoms with van der Waals surface area (Å²) in [6.07, 6.45) is -0.847. The van der Waals surface area contributed by atoms with Crippen LogP contribution in [0.3, 0.4) is 0 Å². The largest absolute Gasteiger partial charge is 0.465 e. The topological polar surface area (TPSA) is 82.8 Å². The van der Waals surface area contributed by atoms with Gasteiger partial charge in [0.1, 0.15) is 11.1 Å². The van der Waals surface area contributed by atoms with Crippen molar-refractivity contribution in [2.24, 2.45) is 0 Å². The van der Waals surface area contributed by atoms with Gasteiger partial charge in [0.15, 0.2) is 10.3 Å². The Morgan fingerprint density at radius 2 is 1.91 bits per heavy atom. The van der Waals surface area contributed by atoms with Crippen LogP contribution >= 0.6 is 23.5 Å². The van der Waals surface area contributed by atoms with Crippen LogP contribution in [0.25, 0.3) is 5.69 Å². The highest BCUT2D eigenvalue weighted by Gasteiger charge is 2.31. The summed E-state index contributed by atoms with van der Waals surface area (Å²) < 4.78 is 46.6. The van der Waals surface area contributed by atoms with E-state index >= 15 is 0 Å². The Kier molecular flexibility index (Phi) is 8.13. The van der Waals surface area contributed by atoms with Crippen LogP contribution in [0, 0.1) is 0 Å². The minimum absolute atomic E-state index is 0.231. The second-order valence-electron chi connectivity index (χ2n) is 6.37. The summed E-state index contributed by atoms with van der Waals surface area (Å²) in [5.74, 6) is 0.263. The van der Waals surface area contributed by atoms with Crippen LogP contribution in [0.15, 0.2) is 53.0 Å². The van der Waals surface area contributed by atoms with Gasteiger partial charge < -0.3 is 4.74 Å². The Labute approximate surface area is 191 Å². The number of thioether (sulfide) groups is 2. The molecule has 0 N–H and O–H groups in total. The molecular weight excluding hydrogens is 463 g/mol. The molecule has 0 fully saturated rings. The number of rotatable bonds is 9. The molecule has 3 aromatic rings. The molecule has 0 saturated heterocycles. The number of nitrogens with zero attached hydrogens (tertiary/aromatic N) is 5. The maximum atomic E-state index is 13.3. The summed E-state index contributed by atoms with van der Waals surface area (Å²) >= 11 is 2.38. The molecule has 0 radical (unpaired) electrons. The van der Waals surface area contributed by atoms with Crippen molar-refractivity contribution in [1.29, 1.82) is 0 Å². The molecular formula is C20H20F3N5O2S2. The van der Waals surface area contributed by atoms with E-state index in [4.69, 9.17) is 4.74 Å². The van der Waals surface area contributed by atoms with Gasteiger partial charge in [-0.1, -0.05) is 36.5 Å². The van der Waals surface area contributed by atoms with Crippen molar-refractivity contribution in [2.45, 2.75) is 47.8 Å². The van der Waals surface area contributed by atoms with Gasteiger partial charge in [-0.3, -0.25) is 9.36 Å². The highest BCUT2D eigenvalue weighted by Crippen LogP contribution is 2.33. The molecule has 0 aliphatic heterocycles. The second-order valence-corrected chi connectivity index (χ2v) is 8.48. The maximum Gasteiger partial charge on any atom is 0.416 e. The molecule has 2 heterocycles. The van der Waals surface area contributed by atoms with Gasteiger partial charge in [-0.15, -0.1) is 10.2 Å². The molecule has 0 spiro atoms. The zero-order chi connectivity index (χ0) is 23.1. The molecule has 0 amide bonds. The molecule has 1 unspecified atom stereocenters. The number of carbonyl (C=O) groups is 1. The number of alkyl halides is 3. The van der Waals surface area contributed by atoms with Gasteiger partial charge in [-0.05, 0) is 37.6 Å². The monoisotopic (exact) mass is 483 g/mol. The van der Waals surface area contributed by atoms with E-state index in [1.165, 1.54) is 22.4 Å². The molecule has 3 rings (SSSR count). The van der Waals surface area contributed by atoms with E-state index in [1.807, 2.05) is 6.92 Å². The summed E-state index contributed by atoms with van der Waals surface area (Å²) in [5, 5.41) is 8.56. The third-order valence-corrected chi connectivity index (χ3v) is 6.33. The van der Waals surface area contributed by atoms with E-state index in [-0.39, 0.29) is 18.0 Å². The van der Waals surface area contributed by atoms with Crippen molar-refractivity contribution in [3.05, 3.63) is 54.1 Å². The van der Waals surface area contributed by atoms with Gasteiger partial charge in [-0.2, -0.15) is 13.2 Å². The van der Waals surface area contributed by atoms with Crippen LogP contribution in [0.4, 0.5) is 13.2 Å². The lowest BCUT2D eigenvalue weighted by Crippen LogP contribution is -2.20. The summed E-state index contributed by atoms with van der Waals surface area (Å²) in [6.45, 7) is 3.76. The van der Waals surface area contributed by atoms with Gasteiger partial charge in [0.25, 0.3) is 0 Å². The first-order valence-electron chi connectivity index (χ1n) is 9.68. The van der Waals surface area contributed by atoms with E-state index in [2.05, 4.69) is 20.2 Å². The molecule has 0 aliphatic rings. The highest BCUT2D eigenvalue weighted by molar-refractivity contribution is 8.00. The Bertz CT molecular complexity index is 1050. The Hall–Kier alpha value is -2.60. The van der Waals surface area contributed by atoms with Crippen molar-refractivity contribution in [2.75, 3.05) is 6.61 Å². The lowest BCUT2D eigenvalue weighted by molar-refractivity contribution is -0.142. The lowest BCUT2D eigenvalue weighted by Gasteiger charge is -2.15. The third kappa shape index (κ3) is 6.00. The molecule has 12 heteroatoms. The Balaban J connectivity index is 1.98. The molecule has 1 atom stereocenters. The minimum atomic E-state index is -4.50. The third-order valence-electron chi connectivity index (χ3n) is 4.17. The van der Waals surface area contributed by atoms with E-state index in [1.54, 1.807) is 31.5 Å². The fourth-order valence-electron chi connectivity index (χ4n) is 2.70. The standard InChI is InChI=1S/C20H20F3N5O2S2/c1-3-15(17(29)30-4-2)32-19-27-26-16(12-31-18-24-9-6-10-25-18)28(19)14-8-5-7-13(11-14)20(21,22)23/h5-11,15H,3-4,12H2,1-2H3. The van der Waals surface area contributed by atoms with Gasteiger partial charge in [0.2, 0.25) is 0 Å². The van der Waals surface area contributed by atoms with E-state index in [9.17, 15) is 18.0 Å². The van der Waals surface area contributed by atoms with E-state index in [0.717, 1.165) is 23.9 Å². The summed E-state index contributed by atoms with van der Waals surface area (Å²) in [4.78, 5) is 20.5. The number of hydrogen-bond acceptors (Lipinski definition) is 8. The lowest BCUT2D eigenvalue weighted by atomic mass is 10.2. The van der Waals surface area contributed by atoms with Gasteiger partial charge in [0, 0.05) is 12.4 Å². The molecule has 1 aromatic carbocycles. The molecule has 0 aliphatic carbocycles. The number of ether oxygens (including phenoxy) is 1. The van der Waals surface area contributed by atoms with E-state index < -0.39 is 23.0 Å². The van der Waals surface area contributed by atoms with Crippen molar-refractivity contribution < 1.29 is 22.7 Å². The summed E-state index contributed by atoms with van der Waals surface area (Å²) in [5.41, 5.74) is -0.544. The molecule has 0 bridgehead atoms. The fourth-order valence-corrected chi connectivity index (χ4v) is 4.41. The zero-order valence-electron chi connectivity index (χ0n) is 17.2. The minimum Gasteiger partial charge on any atom is -0.465 e. The van der Waals surface area contributed by atoms with Crippen LogP contribution in [0.2, 0.25) is 0 Å². The second kappa shape index (κ2) is 10.8. The number of halogens is 3. The van der Waals surface area contributed by atoms with Crippen LogP contribution < -0.4 is 0 Å². The molecule has 170 valence electrons. The molecule has 0 saturated carbocycles. The van der Waals surface area contributed by atoms with Crippen LogP contribution in [-0.4, -0.2) is 42.6 Å². The normalized spacial score (nSPS) is 12.5. The Morgan fingerprint density at radius 3 is 2.56 bits per heavy atom. The van der Waals surface area contributed by atoms with Crippen molar-refractivity contribution >= 4 is 29.5 Å². The number of aromatic nitrogens is 5. The van der Waals surface area contributed by atoms with Crippen LogP contribution in [0.5, 0.6) is 0 Å². The smallest absolute Gasteiger partial charge is 0.416 e. The summed E-state index contributed by atoms with van der Waals surface area (Å²) in [6, 6.07) is 6.59. The number of benzene rings is 1. The molecule has 32 heavy (non-hydrogen) atoms. The molecule has 7 nitrogen and oxygen atoms in total. The zero-order valence-corrected chi connectivity index (χ0v) is 18.9. The first-order chi connectivity index (χ1) is 15.3. The van der Waals surface area contributed by atoms with Crippen LogP contribution in [-0.2, 0) is 21.5 Å². The quantitative estimate of drug-likeness (QED) is 0.244. The fraction of sp³-hybridized carbons (Fsp3) is 0.350. The maximum absolute atomic E-state index is 13.3. The number of esters is 1. The predicted molar refractivity (Wildman–Crippen MR) is 115 cm³/mol. The van der Waals surface area contributed by atoms with Crippen molar-refractivity contribution in [3.8, 4) is 5.69 Å². The van der Waals surface area contributed by atoms with Gasteiger partial charge >= 0.3 is 12.1 Å². The summed E-state index contributed by atoms with van der Waals surface area (Å²) in [7, 11) is 0. The first-order valence-corrected chi connectivity index (χ1v) is 11.5. The molecule has 2 aromatic heterocycles.